The van der Waals surface area contributed by atoms with Crippen LogP contribution in [0.25, 0.3) is 0 Å². The molecule has 0 amide bonds. The molecule has 3 N–H and O–H groups in total. The monoisotopic (exact) mass is 367 g/mol. The molecule has 25 heavy (non-hydrogen) atoms. The van der Waals surface area contributed by atoms with Crippen molar-refractivity contribution < 1.29 is 8.42 Å². The SMILES string of the molecule is CCNC(=NCCNS(=O)(=O)c1cccnc1)NC1CCCC(C)C1. The van der Waals surface area contributed by atoms with Crippen LogP contribution in [-0.4, -0.2) is 45.0 Å². The van der Waals surface area contributed by atoms with Gasteiger partial charge in [0.25, 0.3) is 0 Å². The lowest BCUT2D eigenvalue weighted by Gasteiger charge is -2.28. The molecular weight excluding hydrogens is 338 g/mol. The van der Waals surface area contributed by atoms with Crippen LogP contribution < -0.4 is 15.4 Å². The predicted molar refractivity (Wildman–Crippen MR) is 100.0 cm³/mol. The van der Waals surface area contributed by atoms with Crippen LogP contribution in [-0.2, 0) is 10.0 Å². The van der Waals surface area contributed by atoms with Crippen molar-refractivity contribution in [1.29, 1.82) is 0 Å². The highest BCUT2D eigenvalue weighted by atomic mass is 32.2. The van der Waals surface area contributed by atoms with Crippen molar-refractivity contribution in [3.8, 4) is 0 Å². The molecule has 0 aliphatic heterocycles. The third-order valence-electron chi connectivity index (χ3n) is 4.24. The van der Waals surface area contributed by atoms with Crippen LogP contribution in [0.2, 0.25) is 0 Å². The van der Waals surface area contributed by atoms with Gasteiger partial charge in [-0.1, -0.05) is 19.8 Å². The molecule has 1 fully saturated rings. The minimum Gasteiger partial charge on any atom is -0.357 e. The maximum atomic E-state index is 12.1. The van der Waals surface area contributed by atoms with Gasteiger partial charge in [-0.25, -0.2) is 13.1 Å². The van der Waals surface area contributed by atoms with Gasteiger partial charge in [-0.15, -0.1) is 0 Å². The highest BCUT2D eigenvalue weighted by Crippen LogP contribution is 2.23. The topological polar surface area (TPSA) is 95.5 Å². The van der Waals surface area contributed by atoms with Crippen molar-refractivity contribution >= 4 is 16.0 Å². The number of hydrogen-bond acceptors (Lipinski definition) is 4. The smallest absolute Gasteiger partial charge is 0.242 e. The van der Waals surface area contributed by atoms with E-state index in [9.17, 15) is 8.42 Å². The van der Waals surface area contributed by atoms with Crippen molar-refractivity contribution in [3.05, 3.63) is 24.5 Å². The second-order valence-electron chi connectivity index (χ2n) is 6.46. The molecule has 8 heteroatoms. The molecule has 140 valence electrons. The van der Waals surface area contributed by atoms with Gasteiger partial charge in [-0.2, -0.15) is 0 Å². The molecule has 1 heterocycles. The molecule has 1 saturated carbocycles. The molecule has 2 rings (SSSR count). The summed E-state index contributed by atoms with van der Waals surface area (Å²) >= 11 is 0. The van der Waals surface area contributed by atoms with Gasteiger partial charge in [0.1, 0.15) is 4.90 Å². The van der Waals surface area contributed by atoms with E-state index in [-0.39, 0.29) is 11.4 Å². The Morgan fingerprint density at radius 2 is 2.24 bits per heavy atom. The Hall–Kier alpha value is -1.67. The van der Waals surface area contributed by atoms with E-state index in [0.29, 0.717) is 12.6 Å². The lowest BCUT2D eigenvalue weighted by atomic mass is 9.87. The first-order valence-electron chi connectivity index (χ1n) is 8.96. The van der Waals surface area contributed by atoms with Crippen molar-refractivity contribution in [3.63, 3.8) is 0 Å². The van der Waals surface area contributed by atoms with Crippen LogP contribution in [0.15, 0.2) is 34.4 Å². The number of pyridine rings is 1. The number of hydrogen-bond donors (Lipinski definition) is 3. The molecule has 2 atom stereocenters. The van der Waals surface area contributed by atoms with Gasteiger partial charge in [0.2, 0.25) is 10.0 Å². The zero-order valence-electron chi connectivity index (χ0n) is 15.0. The van der Waals surface area contributed by atoms with Gasteiger partial charge in [0.05, 0.1) is 6.54 Å². The minimum absolute atomic E-state index is 0.167. The first-order chi connectivity index (χ1) is 12.0. The molecule has 7 nitrogen and oxygen atoms in total. The third-order valence-corrected chi connectivity index (χ3v) is 5.69. The Bertz CT molecular complexity index is 648. The maximum absolute atomic E-state index is 12.1. The van der Waals surface area contributed by atoms with Crippen LogP contribution >= 0.6 is 0 Å². The molecule has 1 aliphatic carbocycles. The van der Waals surface area contributed by atoms with E-state index in [1.165, 1.54) is 25.1 Å². The van der Waals surface area contributed by atoms with Gasteiger partial charge in [0.15, 0.2) is 5.96 Å². The van der Waals surface area contributed by atoms with E-state index in [1.54, 1.807) is 12.3 Å². The maximum Gasteiger partial charge on any atom is 0.242 e. The van der Waals surface area contributed by atoms with Gasteiger partial charge < -0.3 is 10.6 Å². The Labute approximate surface area is 150 Å². The quantitative estimate of drug-likeness (QED) is 0.386. The normalized spacial score (nSPS) is 21.8. The summed E-state index contributed by atoms with van der Waals surface area (Å²) in [5, 5.41) is 6.69. The molecule has 0 aromatic carbocycles. The highest BCUT2D eigenvalue weighted by molar-refractivity contribution is 7.89. The van der Waals surface area contributed by atoms with Gasteiger partial charge in [-0.05, 0) is 37.8 Å². The summed E-state index contributed by atoms with van der Waals surface area (Å²) in [5.74, 6) is 1.49. The Morgan fingerprint density at radius 1 is 1.40 bits per heavy atom. The van der Waals surface area contributed by atoms with Crippen molar-refractivity contribution in [2.24, 2.45) is 10.9 Å². The Kier molecular flexibility index (Phi) is 7.64. The number of aliphatic imine (C=N–C) groups is 1. The number of aromatic nitrogens is 1. The van der Waals surface area contributed by atoms with E-state index in [0.717, 1.165) is 31.3 Å². The Balaban J connectivity index is 1.84. The second kappa shape index (κ2) is 9.72. The summed E-state index contributed by atoms with van der Waals surface area (Å²) in [6, 6.07) is 3.56. The predicted octanol–water partition coefficient (Wildman–Crippen LogP) is 1.49. The largest absolute Gasteiger partial charge is 0.357 e. The van der Waals surface area contributed by atoms with Crippen LogP contribution in [0.5, 0.6) is 0 Å². The zero-order valence-corrected chi connectivity index (χ0v) is 15.8. The third kappa shape index (κ3) is 6.62. The van der Waals surface area contributed by atoms with Gasteiger partial charge in [0, 0.05) is 31.5 Å². The van der Waals surface area contributed by atoms with Crippen LogP contribution in [0.1, 0.15) is 39.5 Å². The van der Waals surface area contributed by atoms with E-state index in [4.69, 9.17) is 0 Å². The number of rotatable bonds is 7. The molecular formula is C17H29N5O2S. The zero-order chi connectivity index (χ0) is 18.1. The number of sulfonamides is 1. The standard InChI is InChI=1S/C17H29N5O2S/c1-3-19-17(22-15-7-4-6-14(2)12-15)20-10-11-21-25(23,24)16-8-5-9-18-13-16/h5,8-9,13-15,21H,3-4,6-7,10-12H2,1-2H3,(H2,19,20,22). The first kappa shape index (κ1) is 19.7. The number of nitrogens with zero attached hydrogens (tertiary/aromatic N) is 2. The molecule has 1 aliphatic rings. The lowest BCUT2D eigenvalue weighted by molar-refractivity contribution is 0.324. The lowest BCUT2D eigenvalue weighted by Crippen LogP contribution is -2.45. The van der Waals surface area contributed by atoms with Crippen LogP contribution in [0.4, 0.5) is 0 Å². The second-order valence-corrected chi connectivity index (χ2v) is 8.23. The van der Waals surface area contributed by atoms with E-state index in [1.807, 2.05) is 6.92 Å². The molecule has 1 aromatic heterocycles. The fourth-order valence-corrected chi connectivity index (χ4v) is 4.00. The number of nitrogens with one attached hydrogen (secondary N) is 3. The first-order valence-corrected chi connectivity index (χ1v) is 10.4. The van der Waals surface area contributed by atoms with Crippen molar-refractivity contribution in [2.45, 2.75) is 50.5 Å². The number of guanidine groups is 1. The minimum atomic E-state index is -3.53. The average molecular weight is 368 g/mol. The van der Waals surface area contributed by atoms with Crippen LogP contribution in [0, 0.1) is 5.92 Å². The fourth-order valence-electron chi connectivity index (χ4n) is 3.02. The molecule has 2 unspecified atom stereocenters. The molecule has 0 saturated heterocycles. The van der Waals surface area contributed by atoms with Crippen molar-refractivity contribution in [2.75, 3.05) is 19.6 Å². The van der Waals surface area contributed by atoms with E-state index in [2.05, 4.69) is 32.3 Å². The van der Waals surface area contributed by atoms with Gasteiger partial charge >= 0.3 is 0 Å². The summed E-state index contributed by atoms with van der Waals surface area (Å²) in [6.45, 7) is 5.69. The summed E-state index contributed by atoms with van der Waals surface area (Å²) in [4.78, 5) is 8.48. The molecule has 0 spiro atoms. The van der Waals surface area contributed by atoms with Gasteiger partial charge in [-0.3, -0.25) is 9.98 Å². The summed E-state index contributed by atoms with van der Waals surface area (Å²) in [6.07, 6.45) is 7.72. The Morgan fingerprint density at radius 3 is 2.92 bits per heavy atom. The summed E-state index contributed by atoms with van der Waals surface area (Å²) < 4.78 is 26.8. The average Bonchev–Trinajstić information content (AvgIpc) is 2.60. The highest BCUT2D eigenvalue weighted by Gasteiger charge is 2.19. The van der Waals surface area contributed by atoms with E-state index >= 15 is 0 Å². The summed E-state index contributed by atoms with van der Waals surface area (Å²) in [7, 11) is -3.53. The van der Waals surface area contributed by atoms with Crippen LogP contribution in [0.3, 0.4) is 0 Å². The molecule has 1 aromatic rings. The fraction of sp³-hybridized carbons (Fsp3) is 0.647. The van der Waals surface area contributed by atoms with Crippen molar-refractivity contribution in [1.82, 2.24) is 20.3 Å². The summed E-state index contributed by atoms with van der Waals surface area (Å²) in [5.41, 5.74) is 0. The van der Waals surface area contributed by atoms with E-state index < -0.39 is 10.0 Å². The molecule has 0 radical (unpaired) electrons. The molecule has 0 bridgehead atoms.